The Morgan fingerprint density at radius 1 is 1.14 bits per heavy atom. The van der Waals surface area contributed by atoms with E-state index >= 15 is 0 Å². The maximum Gasteiger partial charge on any atom is 0.317 e. The van der Waals surface area contributed by atoms with E-state index in [4.69, 9.17) is 0 Å². The number of likely N-dealkylation sites (tertiary alicyclic amines) is 1. The van der Waals surface area contributed by atoms with E-state index in [9.17, 15) is 9.59 Å². The standard InChI is InChI=1S/C17H31N3O2/c1-3-10-18-16(21)14-8-6-11-20(12-14)17(22)19-15-9-5-4-7-13(15)2/h13-15H,3-12H2,1-2H3,(H,18,21)(H,19,22). The van der Waals surface area contributed by atoms with E-state index in [0.29, 0.717) is 18.5 Å². The zero-order valence-corrected chi connectivity index (χ0v) is 14.1. The molecule has 3 amide bonds. The highest BCUT2D eigenvalue weighted by Gasteiger charge is 2.30. The molecule has 2 fully saturated rings. The lowest BCUT2D eigenvalue weighted by Gasteiger charge is -2.35. The van der Waals surface area contributed by atoms with Crippen molar-refractivity contribution in [3.63, 3.8) is 0 Å². The highest BCUT2D eigenvalue weighted by atomic mass is 16.2. The summed E-state index contributed by atoms with van der Waals surface area (Å²) in [6.45, 7) is 6.32. The molecule has 1 aliphatic carbocycles. The van der Waals surface area contributed by atoms with Crippen molar-refractivity contribution in [3.05, 3.63) is 0 Å². The normalized spacial score (nSPS) is 29.0. The quantitative estimate of drug-likeness (QED) is 0.838. The Morgan fingerprint density at radius 3 is 2.64 bits per heavy atom. The number of hydrogen-bond donors (Lipinski definition) is 2. The first kappa shape index (κ1) is 17.1. The summed E-state index contributed by atoms with van der Waals surface area (Å²) in [5, 5.41) is 6.15. The van der Waals surface area contributed by atoms with Gasteiger partial charge in [0.05, 0.1) is 5.92 Å². The van der Waals surface area contributed by atoms with Crippen molar-refractivity contribution in [1.29, 1.82) is 0 Å². The zero-order chi connectivity index (χ0) is 15.9. The van der Waals surface area contributed by atoms with Crippen LogP contribution in [0.25, 0.3) is 0 Å². The highest BCUT2D eigenvalue weighted by Crippen LogP contribution is 2.24. The Kier molecular flexibility index (Phi) is 6.52. The summed E-state index contributed by atoms with van der Waals surface area (Å²) >= 11 is 0. The first-order valence-corrected chi connectivity index (χ1v) is 8.95. The maximum atomic E-state index is 12.5. The van der Waals surface area contributed by atoms with Gasteiger partial charge in [0.15, 0.2) is 0 Å². The summed E-state index contributed by atoms with van der Waals surface area (Å²) < 4.78 is 0. The van der Waals surface area contributed by atoms with Gasteiger partial charge in [0.2, 0.25) is 5.91 Å². The molecule has 0 spiro atoms. The second-order valence-corrected chi connectivity index (χ2v) is 6.89. The van der Waals surface area contributed by atoms with Crippen LogP contribution in [0.3, 0.4) is 0 Å². The zero-order valence-electron chi connectivity index (χ0n) is 14.1. The molecule has 5 nitrogen and oxygen atoms in total. The van der Waals surface area contributed by atoms with Gasteiger partial charge in [-0.25, -0.2) is 4.79 Å². The summed E-state index contributed by atoms with van der Waals surface area (Å²) in [7, 11) is 0. The Morgan fingerprint density at radius 2 is 1.91 bits per heavy atom. The number of urea groups is 1. The van der Waals surface area contributed by atoms with Gasteiger partial charge < -0.3 is 15.5 Å². The molecule has 1 saturated carbocycles. The topological polar surface area (TPSA) is 61.4 Å². The summed E-state index contributed by atoms with van der Waals surface area (Å²) in [6.07, 6.45) is 7.52. The third kappa shape index (κ3) is 4.62. The monoisotopic (exact) mass is 309 g/mol. The predicted octanol–water partition coefficient (Wildman–Crippen LogP) is 2.51. The van der Waals surface area contributed by atoms with Crippen LogP contribution in [0, 0.1) is 11.8 Å². The summed E-state index contributed by atoms with van der Waals surface area (Å²) in [6, 6.07) is 0.322. The number of rotatable bonds is 4. The smallest absolute Gasteiger partial charge is 0.317 e. The molecule has 0 radical (unpaired) electrons. The molecule has 1 saturated heterocycles. The lowest BCUT2D eigenvalue weighted by molar-refractivity contribution is -0.126. The fourth-order valence-electron chi connectivity index (χ4n) is 3.55. The summed E-state index contributed by atoms with van der Waals surface area (Å²) in [4.78, 5) is 26.4. The fraction of sp³-hybridized carbons (Fsp3) is 0.882. The van der Waals surface area contributed by atoms with E-state index in [1.54, 1.807) is 0 Å². The van der Waals surface area contributed by atoms with E-state index in [2.05, 4.69) is 17.6 Å². The third-order valence-corrected chi connectivity index (χ3v) is 5.05. The van der Waals surface area contributed by atoms with Gasteiger partial charge in [0.25, 0.3) is 0 Å². The number of carbonyl (C=O) groups is 2. The molecule has 1 aliphatic heterocycles. The van der Waals surface area contributed by atoms with Gasteiger partial charge in [0, 0.05) is 25.7 Å². The van der Waals surface area contributed by atoms with Gasteiger partial charge in [-0.2, -0.15) is 0 Å². The van der Waals surface area contributed by atoms with Crippen LogP contribution >= 0.6 is 0 Å². The molecule has 126 valence electrons. The van der Waals surface area contributed by atoms with Crippen LogP contribution in [0.2, 0.25) is 0 Å². The SMILES string of the molecule is CCCNC(=O)C1CCCN(C(=O)NC2CCCCC2C)C1. The molecule has 2 aliphatic rings. The summed E-state index contributed by atoms with van der Waals surface area (Å²) in [5.41, 5.74) is 0. The van der Waals surface area contributed by atoms with Crippen molar-refractivity contribution < 1.29 is 9.59 Å². The average Bonchev–Trinajstić information content (AvgIpc) is 2.54. The second-order valence-electron chi connectivity index (χ2n) is 6.89. The first-order chi connectivity index (χ1) is 10.6. The lowest BCUT2D eigenvalue weighted by Crippen LogP contribution is -2.52. The Labute approximate surface area is 134 Å². The van der Waals surface area contributed by atoms with Crippen molar-refractivity contribution >= 4 is 11.9 Å². The van der Waals surface area contributed by atoms with Crippen molar-refractivity contribution in [2.75, 3.05) is 19.6 Å². The van der Waals surface area contributed by atoms with Gasteiger partial charge in [-0.15, -0.1) is 0 Å². The summed E-state index contributed by atoms with van der Waals surface area (Å²) in [5.74, 6) is 0.617. The molecule has 22 heavy (non-hydrogen) atoms. The van der Waals surface area contributed by atoms with E-state index in [1.807, 2.05) is 11.8 Å². The van der Waals surface area contributed by atoms with E-state index in [1.165, 1.54) is 19.3 Å². The molecule has 3 unspecified atom stereocenters. The average molecular weight is 309 g/mol. The lowest BCUT2D eigenvalue weighted by atomic mass is 9.86. The molecule has 0 aromatic rings. The second kappa shape index (κ2) is 8.39. The van der Waals surface area contributed by atoms with Gasteiger partial charge in [0.1, 0.15) is 0 Å². The molecule has 2 N–H and O–H groups in total. The van der Waals surface area contributed by atoms with Crippen molar-refractivity contribution in [2.24, 2.45) is 11.8 Å². The molecule has 5 heteroatoms. The van der Waals surface area contributed by atoms with E-state index < -0.39 is 0 Å². The molecule has 0 aromatic heterocycles. The third-order valence-electron chi connectivity index (χ3n) is 5.05. The number of nitrogens with zero attached hydrogens (tertiary/aromatic N) is 1. The van der Waals surface area contributed by atoms with Crippen molar-refractivity contribution in [2.45, 2.75) is 64.8 Å². The van der Waals surface area contributed by atoms with Crippen LogP contribution < -0.4 is 10.6 Å². The number of nitrogens with one attached hydrogen (secondary N) is 2. The fourth-order valence-corrected chi connectivity index (χ4v) is 3.55. The van der Waals surface area contributed by atoms with Crippen LogP contribution in [0.4, 0.5) is 4.79 Å². The van der Waals surface area contributed by atoms with Gasteiger partial charge >= 0.3 is 6.03 Å². The van der Waals surface area contributed by atoms with Gasteiger partial charge in [-0.1, -0.05) is 26.7 Å². The molecular formula is C17H31N3O2. The van der Waals surface area contributed by atoms with Gasteiger partial charge in [-0.3, -0.25) is 4.79 Å². The largest absolute Gasteiger partial charge is 0.356 e. The molecule has 0 bridgehead atoms. The van der Waals surface area contributed by atoms with Crippen LogP contribution in [-0.4, -0.2) is 42.5 Å². The Hall–Kier alpha value is -1.26. The minimum absolute atomic E-state index is 0.0201. The van der Waals surface area contributed by atoms with Crippen LogP contribution in [0.15, 0.2) is 0 Å². The van der Waals surface area contributed by atoms with Crippen LogP contribution in [0.1, 0.15) is 58.8 Å². The Bertz CT molecular complexity index is 386. The predicted molar refractivity (Wildman–Crippen MR) is 87.5 cm³/mol. The highest BCUT2D eigenvalue weighted by molar-refractivity contribution is 5.80. The number of piperidine rings is 1. The van der Waals surface area contributed by atoms with Crippen molar-refractivity contribution in [3.8, 4) is 0 Å². The van der Waals surface area contributed by atoms with E-state index in [-0.39, 0.29) is 17.9 Å². The van der Waals surface area contributed by atoms with Crippen LogP contribution in [0.5, 0.6) is 0 Å². The van der Waals surface area contributed by atoms with Gasteiger partial charge in [-0.05, 0) is 38.0 Å². The van der Waals surface area contributed by atoms with Crippen LogP contribution in [-0.2, 0) is 4.79 Å². The number of hydrogen-bond acceptors (Lipinski definition) is 2. The minimum atomic E-state index is -0.0465. The minimum Gasteiger partial charge on any atom is -0.356 e. The molecule has 1 heterocycles. The molecular weight excluding hydrogens is 278 g/mol. The molecule has 2 rings (SSSR count). The first-order valence-electron chi connectivity index (χ1n) is 8.95. The maximum absolute atomic E-state index is 12.5. The number of amides is 3. The molecule has 0 aromatic carbocycles. The van der Waals surface area contributed by atoms with E-state index in [0.717, 1.165) is 38.8 Å². The Balaban J connectivity index is 1.83. The molecule has 3 atom stereocenters. The number of carbonyl (C=O) groups excluding carboxylic acids is 2. The van der Waals surface area contributed by atoms with Crippen molar-refractivity contribution in [1.82, 2.24) is 15.5 Å².